The standard InChI is InChI=1S/C15H27N3O2.ClH/c19-15(11-4-5-11)18-7-6-16-13-3-1-2-12(13)14-10-20-9-8-17-14;/h11-14,16-17H,1-10H2,(H,18,19);1H. The minimum absolute atomic E-state index is 0. The van der Waals surface area contributed by atoms with E-state index in [1.54, 1.807) is 0 Å². The lowest BCUT2D eigenvalue weighted by atomic mass is 9.94. The van der Waals surface area contributed by atoms with Gasteiger partial charge in [-0.15, -0.1) is 12.4 Å². The van der Waals surface area contributed by atoms with Crippen LogP contribution in [0.5, 0.6) is 0 Å². The number of morpholine rings is 1. The Morgan fingerprint density at radius 1 is 1.19 bits per heavy atom. The van der Waals surface area contributed by atoms with Gasteiger partial charge in [0.25, 0.3) is 0 Å². The van der Waals surface area contributed by atoms with Crippen LogP contribution in [0.15, 0.2) is 0 Å². The van der Waals surface area contributed by atoms with E-state index >= 15 is 0 Å². The Morgan fingerprint density at radius 2 is 2.05 bits per heavy atom. The molecular formula is C15H28ClN3O2. The quantitative estimate of drug-likeness (QED) is 0.631. The summed E-state index contributed by atoms with van der Waals surface area (Å²) >= 11 is 0. The van der Waals surface area contributed by atoms with Gasteiger partial charge in [0, 0.05) is 37.6 Å². The number of nitrogens with one attached hydrogen (secondary N) is 3. The summed E-state index contributed by atoms with van der Waals surface area (Å²) in [5.41, 5.74) is 0. The van der Waals surface area contributed by atoms with Gasteiger partial charge in [-0.05, 0) is 31.6 Å². The molecule has 3 atom stereocenters. The molecule has 2 aliphatic carbocycles. The second-order valence-corrected chi connectivity index (χ2v) is 6.36. The van der Waals surface area contributed by atoms with Gasteiger partial charge in [-0.1, -0.05) is 6.42 Å². The number of rotatable bonds is 6. The molecule has 1 amide bonds. The number of hydrogen-bond donors (Lipinski definition) is 3. The molecule has 3 N–H and O–H groups in total. The maximum atomic E-state index is 11.5. The highest BCUT2D eigenvalue weighted by atomic mass is 35.5. The normalized spacial score (nSPS) is 32.5. The van der Waals surface area contributed by atoms with Crippen LogP contribution in [0, 0.1) is 11.8 Å². The first kappa shape index (κ1) is 17.0. The summed E-state index contributed by atoms with van der Waals surface area (Å²) in [6.45, 7) is 4.31. The maximum Gasteiger partial charge on any atom is 0.223 e. The summed E-state index contributed by atoms with van der Waals surface area (Å²) in [5, 5.41) is 10.2. The van der Waals surface area contributed by atoms with Crippen LogP contribution in [0.3, 0.4) is 0 Å². The molecule has 3 fully saturated rings. The lowest BCUT2D eigenvalue weighted by molar-refractivity contribution is -0.122. The summed E-state index contributed by atoms with van der Waals surface area (Å²) in [7, 11) is 0. The average molecular weight is 318 g/mol. The molecule has 1 saturated heterocycles. The molecule has 0 aromatic rings. The highest BCUT2D eigenvalue weighted by Crippen LogP contribution is 2.29. The van der Waals surface area contributed by atoms with Crippen molar-refractivity contribution in [2.24, 2.45) is 11.8 Å². The molecule has 122 valence electrons. The second-order valence-electron chi connectivity index (χ2n) is 6.36. The second kappa shape index (κ2) is 8.32. The highest BCUT2D eigenvalue weighted by Gasteiger charge is 2.34. The van der Waals surface area contributed by atoms with Crippen molar-refractivity contribution in [1.29, 1.82) is 0 Å². The van der Waals surface area contributed by atoms with E-state index in [0.29, 0.717) is 23.9 Å². The van der Waals surface area contributed by atoms with E-state index < -0.39 is 0 Å². The van der Waals surface area contributed by atoms with Crippen LogP contribution in [0.25, 0.3) is 0 Å². The molecule has 1 heterocycles. The van der Waals surface area contributed by atoms with E-state index in [0.717, 1.165) is 45.7 Å². The Bertz CT molecular complexity index is 333. The Balaban J connectivity index is 0.00000161. The largest absolute Gasteiger partial charge is 0.379 e. The molecule has 3 aliphatic rings. The van der Waals surface area contributed by atoms with Crippen molar-refractivity contribution in [2.45, 2.75) is 44.2 Å². The van der Waals surface area contributed by atoms with E-state index in [2.05, 4.69) is 16.0 Å². The van der Waals surface area contributed by atoms with Crippen LogP contribution in [-0.2, 0) is 9.53 Å². The van der Waals surface area contributed by atoms with Crippen molar-refractivity contribution < 1.29 is 9.53 Å². The third kappa shape index (κ3) is 4.81. The van der Waals surface area contributed by atoms with Crippen LogP contribution in [0.1, 0.15) is 32.1 Å². The van der Waals surface area contributed by atoms with Crippen molar-refractivity contribution in [1.82, 2.24) is 16.0 Å². The molecule has 0 aromatic carbocycles. The topological polar surface area (TPSA) is 62.4 Å². The van der Waals surface area contributed by atoms with Crippen LogP contribution >= 0.6 is 12.4 Å². The number of ether oxygens (including phenoxy) is 1. The fraction of sp³-hybridized carbons (Fsp3) is 0.933. The average Bonchev–Trinajstić information content (AvgIpc) is 3.23. The summed E-state index contributed by atoms with van der Waals surface area (Å²) in [4.78, 5) is 11.5. The highest BCUT2D eigenvalue weighted by molar-refractivity contribution is 5.85. The van der Waals surface area contributed by atoms with Crippen molar-refractivity contribution in [3.63, 3.8) is 0 Å². The van der Waals surface area contributed by atoms with E-state index in [1.807, 2.05) is 0 Å². The van der Waals surface area contributed by atoms with Crippen LogP contribution in [0.2, 0.25) is 0 Å². The molecule has 2 saturated carbocycles. The minimum Gasteiger partial charge on any atom is -0.379 e. The predicted molar refractivity (Wildman–Crippen MR) is 84.7 cm³/mol. The zero-order valence-corrected chi connectivity index (χ0v) is 13.4. The van der Waals surface area contributed by atoms with Crippen molar-refractivity contribution in [3.05, 3.63) is 0 Å². The molecule has 0 aromatic heterocycles. The summed E-state index contributed by atoms with van der Waals surface area (Å²) < 4.78 is 5.59. The minimum atomic E-state index is 0. The van der Waals surface area contributed by atoms with Gasteiger partial charge in [-0.3, -0.25) is 4.79 Å². The summed E-state index contributed by atoms with van der Waals surface area (Å²) in [6.07, 6.45) is 6.00. The molecule has 0 spiro atoms. The first-order chi connectivity index (χ1) is 9.84. The smallest absolute Gasteiger partial charge is 0.223 e. The number of halogens is 1. The fourth-order valence-corrected chi connectivity index (χ4v) is 3.52. The lowest BCUT2D eigenvalue weighted by Crippen LogP contribution is -2.51. The molecule has 0 bridgehead atoms. The van der Waals surface area contributed by atoms with E-state index in [-0.39, 0.29) is 18.3 Å². The molecule has 3 rings (SSSR count). The zero-order valence-electron chi connectivity index (χ0n) is 12.6. The van der Waals surface area contributed by atoms with Crippen molar-refractivity contribution in [3.8, 4) is 0 Å². The van der Waals surface area contributed by atoms with Gasteiger partial charge >= 0.3 is 0 Å². The molecule has 3 unspecified atom stereocenters. The van der Waals surface area contributed by atoms with Crippen LogP contribution in [-0.4, -0.2) is 50.8 Å². The van der Waals surface area contributed by atoms with Crippen LogP contribution in [0.4, 0.5) is 0 Å². The number of carbonyl (C=O) groups excluding carboxylic acids is 1. The van der Waals surface area contributed by atoms with Gasteiger partial charge in [-0.25, -0.2) is 0 Å². The SMILES string of the molecule is Cl.O=C(NCCNC1CCCC1C1COCCN1)C1CC1. The number of amides is 1. The number of hydrogen-bond acceptors (Lipinski definition) is 4. The Morgan fingerprint density at radius 3 is 2.76 bits per heavy atom. The predicted octanol–water partition coefficient (Wildman–Crippen LogP) is 0.681. The van der Waals surface area contributed by atoms with Gasteiger partial charge in [0.05, 0.1) is 13.2 Å². The van der Waals surface area contributed by atoms with Gasteiger partial charge in [0.2, 0.25) is 5.91 Å². The monoisotopic (exact) mass is 317 g/mol. The van der Waals surface area contributed by atoms with Gasteiger partial charge in [0.1, 0.15) is 0 Å². The van der Waals surface area contributed by atoms with E-state index in [9.17, 15) is 4.79 Å². The molecule has 1 aliphatic heterocycles. The van der Waals surface area contributed by atoms with E-state index in [4.69, 9.17) is 4.74 Å². The van der Waals surface area contributed by atoms with Gasteiger partial charge in [0.15, 0.2) is 0 Å². The molecule has 0 radical (unpaired) electrons. The summed E-state index contributed by atoms with van der Waals surface area (Å²) in [6, 6.07) is 1.08. The third-order valence-corrected chi connectivity index (χ3v) is 4.82. The van der Waals surface area contributed by atoms with Crippen molar-refractivity contribution in [2.75, 3.05) is 32.8 Å². The summed E-state index contributed by atoms with van der Waals surface area (Å²) in [5.74, 6) is 1.24. The Hall–Kier alpha value is -0.360. The van der Waals surface area contributed by atoms with Crippen molar-refractivity contribution >= 4 is 18.3 Å². The lowest BCUT2D eigenvalue weighted by Gasteiger charge is -2.33. The fourth-order valence-electron chi connectivity index (χ4n) is 3.52. The molecule has 6 heteroatoms. The maximum absolute atomic E-state index is 11.5. The first-order valence-corrected chi connectivity index (χ1v) is 8.17. The van der Waals surface area contributed by atoms with Crippen LogP contribution < -0.4 is 16.0 Å². The zero-order chi connectivity index (χ0) is 13.8. The molecule has 5 nitrogen and oxygen atoms in total. The Kier molecular flexibility index (Phi) is 6.74. The van der Waals surface area contributed by atoms with Gasteiger partial charge < -0.3 is 20.7 Å². The molecular weight excluding hydrogens is 290 g/mol. The number of carbonyl (C=O) groups is 1. The third-order valence-electron chi connectivity index (χ3n) is 4.82. The Labute approximate surface area is 133 Å². The first-order valence-electron chi connectivity index (χ1n) is 8.17. The molecule has 21 heavy (non-hydrogen) atoms. The van der Waals surface area contributed by atoms with Gasteiger partial charge in [-0.2, -0.15) is 0 Å². The van der Waals surface area contributed by atoms with E-state index in [1.165, 1.54) is 19.3 Å².